The number of phenols is 1. The lowest BCUT2D eigenvalue weighted by Crippen LogP contribution is -2.25. The van der Waals surface area contributed by atoms with Gasteiger partial charge < -0.3 is 15.9 Å². The zero-order chi connectivity index (χ0) is 10.7. The summed E-state index contributed by atoms with van der Waals surface area (Å²) < 4.78 is 0.591. The van der Waals surface area contributed by atoms with Crippen LogP contribution in [0.15, 0.2) is 22.7 Å². The number of aliphatic hydroxyl groups excluding tert-OH is 1. The molecule has 2 atom stereocenters. The number of rotatable bonds is 3. The number of nitrogens with two attached hydrogens (primary N) is 1. The summed E-state index contributed by atoms with van der Waals surface area (Å²) in [6.07, 6.45) is -0.0668. The molecule has 4 N–H and O–H groups in total. The zero-order valence-electron chi connectivity index (χ0n) is 8.35. The normalized spacial score (nSPS) is 14.1. The summed E-state index contributed by atoms with van der Waals surface area (Å²) in [5, 5.41) is 19.2. The van der Waals surface area contributed by atoms with Gasteiger partial charge in [0.25, 0.3) is 0 Å². The lowest BCUT2D eigenvalue weighted by Gasteiger charge is -2.19. The van der Waals surface area contributed by atoms with Crippen molar-refractivity contribution in [3.8, 4) is 5.75 Å². The molecular formula is C10H15BrClNO2. The minimum absolute atomic E-state index is 0. The molecule has 0 aliphatic rings. The minimum Gasteiger partial charge on any atom is -0.506 e. The summed E-state index contributed by atoms with van der Waals surface area (Å²) >= 11 is 3.20. The number of phenolic OH excluding ortho intramolecular Hbond substituents is 1. The second-order valence-electron chi connectivity index (χ2n) is 3.18. The monoisotopic (exact) mass is 295 g/mol. The third-order valence-corrected chi connectivity index (χ3v) is 2.85. The third-order valence-electron chi connectivity index (χ3n) is 2.21. The first-order chi connectivity index (χ1) is 6.57. The molecule has 1 rings (SSSR count). The minimum atomic E-state index is -0.629. The quantitative estimate of drug-likeness (QED) is 0.802. The van der Waals surface area contributed by atoms with Crippen molar-refractivity contribution in [1.82, 2.24) is 0 Å². The van der Waals surface area contributed by atoms with Crippen LogP contribution in [-0.4, -0.2) is 16.3 Å². The summed E-state index contributed by atoms with van der Waals surface area (Å²) in [6, 6.07) is 4.67. The van der Waals surface area contributed by atoms with Gasteiger partial charge in [-0.15, -0.1) is 12.4 Å². The molecule has 0 aliphatic carbocycles. The van der Waals surface area contributed by atoms with Crippen molar-refractivity contribution in [2.45, 2.75) is 25.5 Å². The molecule has 0 spiro atoms. The molecule has 5 heteroatoms. The smallest absolute Gasteiger partial charge is 0.134 e. The van der Waals surface area contributed by atoms with Crippen LogP contribution in [0.5, 0.6) is 5.75 Å². The molecule has 0 saturated heterocycles. The summed E-state index contributed by atoms with van der Waals surface area (Å²) in [5.74, 6) is 0.104. The molecule has 15 heavy (non-hydrogen) atoms. The summed E-state index contributed by atoms with van der Waals surface area (Å²) in [4.78, 5) is 0. The molecular weight excluding hydrogens is 281 g/mol. The average Bonchev–Trinajstić information content (AvgIpc) is 2.20. The second kappa shape index (κ2) is 6.33. The van der Waals surface area contributed by atoms with Crippen LogP contribution >= 0.6 is 28.3 Å². The number of para-hydroxylation sites is 1. The van der Waals surface area contributed by atoms with Gasteiger partial charge in [0.2, 0.25) is 0 Å². The number of hydrogen-bond acceptors (Lipinski definition) is 3. The van der Waals surface area contributed by atoms with Gasteiger partial charge in [0.15, 0.2) is 0 Å². The van der Waals surface area contributed by atoms with Crippen molar-refractivity contribution >= 4 is 28.3 Å². The number of halogens is 2. The van der Waals surface area contributed by atoms with E-state index < -0.39 is 12.1 Å². The molecule has 0 saturated carbocycles. The second-order valence-corrected chi connectivity index (χ2v) is 4.03. The van der Waals surface area contributed by atoms with E-state index in [1.807, 2.05) is 6.92 Å². The molecule has 0 bridgehead atoms. The van der Waals surface area contributed by atoms with Crippen molar-refractivity contribution in [2.24, 2.45) is 5.73 Å². The van der Waals surface area contributed by atoms with Crippen molar-refractivity contribution in [2.75, 3.05) is 0 Å². The van der Waals surface area contributed by atoms with E-state index >= 15 is 0 Å². The first-order valence-corrected chi connectivity index (χ1v) is 5.28. The summed E-state index contributed by atoms with van der Waals surface area (Å²) in [6.45, 7) is 1.85. The van der Waals surface area contributed by atoms with E-state index in [9.17, 15) is 10.2 Å². The van der Waals surface area contributed by atoms with Crippen molar-refractivity contribution in [3.63, 3.8) is 0 Å². The van der Waals surface area contributed by atoms with Crippen LogP contribution in [0.2, 0.25) is 0 Å². The Balaban J connectivity index is 0.00000196. The lowest BCUT2D eigenvalue weighted by molar-refractivity contribution is 0.139. The van der Waals surface area contributed by atoms with Gasteiger partial charge in [-0.1, -0.05) is 19.1 Å². The average molecular weight is 297 g/mol. The fourth-order valence-electron chi connectivity index (χ4n) is 1.26. The van der Waals surface area contributed by atoms with Crippen LogP contribution in [0.3, 0.4) is 0 Å². The SMILES string of the molecule is CC[C@H](O)[C@H](N)c1cccc(Br)c1O.Cl. The van der Waals surface area contributed by atoms with Crippen LogP contribution in [0.1, 0.15) is 24.9 Å². The largest absolute Gasteiger partial charge is 0.506 e. The van der Waals surface area contributed by atoms with Gasteiger partial charge in [-0.3, -0.25) is 0 Å². The van der Waals surface area contributed by atoms with Crippen LogP contribution in [0.4, 0.5) is 0 Å². The van der Waals surface area contributed by atoms with Crippen LogP contribution in [0, 0.1) is 0 Å². The maximum absolute atomic E-state index is 9.67. The number of hydrogen-bond donors (Lipinski definition) is 3. The highest BCUT2D eigenvalue weighted by molar-refractivity contribution is 9.10. The Morgan fingerprint density at radius 3 is 2.60 bits per heavy atom. The highest BCUT2D eigenvalue weighted by Crippen LogP contribution is 2.32. The van der Waals surface area contributed by atoms with Crippen molar-refractivity contribution in [1.29, 1.82) is 0 Å². The van der Waals surface area contributed by atoms with Crippen LogP contribution in [-0.2, 0) is 0 Å². The molecule has 0 radical (unpaired) electrons. The predicted octanol–water partition coefficient (Wildman–Crippen LogP) is 2.35. The first-order valence-electron chi connectivity index (χ1n) is 4.49. The Morgan fingerprint density at radius 2 is 2.07 bits per heavy atom. The maximum atomic E-state index is 9.67. The van der Waals surface area contributed by atoms with E-state index in [1.54, 1.807) is 18.2 Å². The number of benzene rings is 1. The number of aliphatic hydroxyl groups is 1. The van der Waals surface area contributed by atoms with Gasteiger partial charge in [-0.05, 0) is 28.4 Å². The maximum Gasteiger partial charge on any atom is 0.134 e. The first kappa shape index (κ1) is 14.7. The van der Waals surface area contributed by atoms with E-state index in [2.05, 4.69) is 15.9 Å². The molecule has 0 heterocycles. The Bertz CT molecular complexity index is 322. The van der Waals surface area contributed by atoms with Gasteiger partial charge in [-0.25, -0.2) is 0 Å². The molecule has 0 amide bonds. The predicted molar refractivity (Wildman–Crippen MR) is 66.3 cm³/mol. The van der Waals surface area contributed by atoms with Crippen LogP contribution in [0.25, 0.3) is 0 Å². The van der Waals surface area contributed by atoms with Crippen LogP contribution < -0.4 is 5.73 Å². The molecule has 3 nitrogen and oxygen atoms in total. The van der Waals surface area contributed by atoms with E-state index in [-0.39, 0.29) is 18.2 Å². The highest BCUT2D eigenvalue weighted by Gasteiger charge is 2.18. The highest BCUT2D eigenvalue weighted by atomic mass is 79.9. The molecule has 0 unspecified atom stereocenters. The molecule has 86 valence electrons. The lowest BCUT2D eigenvalue weighted by atomic mass is 10.00. The van der Waals surface area contributed by atoms with E-state index in [0.29, 0.717) is 16.5 Å². The molecule has 1 aromatic carbocycles. The van der Waals surface area contributed by atoms with Crippen molar-refractivity contribution in [3.05, 3.63) is 28.2 Å². The summed E-state index contributed by atoms with van der Waals surface area (Å²) in [7, 11) is 0. The molecule has 1 aromatic rings. The molecule has 0 aromatic heterocycles. The van der Waals surface area contributed by atoms with Crippen molar-refractivity contribution < 1.29 is 10.2 Å². The Labute approximate surface area is 104 Å². The standard InChI is InChI=1S/C10H14BrNO2.ClH/c1-2-8(13)9(12)6-4-3-5-7(11)10(6)14;/h3-5,8-9,13-14H,2,12H2,1H3;1H/t8-,9+;/m0./s1. The van der Waals surface area contributed by atoms with Gasteiger partial charge in [0.05, 0.1) is 16.6 Å². The van der Waals surface area contributed by atoms with E-state index in [4.69, 9.17) is 5.73 Å². The van der Waals surface area contributed by atoms with Gasteiger partial charge in [0.1, 0.15) is 5.75 Å². The Morgan fingerprint density at radius 1 is 1.47 bits per heavy atom. The van der Waals surface area contributed by atoms with Gasteiger partial charge in [-0.2, -0.15) is 0 Å². The molecule has 0 aliphatic heterocycles. The summed E-state index contributed by atoms with van der Waals surface area (Å²) in [5.41, 5.74) is 6.35. The molecule has 0 fully saturated rings. The Hall–Kier alpha value is -0.290. The van der Waals surface area contributed by atoms with E-state index in [1.165, 1.54) is 0 Å². The fourth-order valence-corrected chi connectivity index (χ4v) is 1.64. The fraction of sp³-hybridized carbons (Fsp3) is 0.400. The topological polar surface area (TPSA) is 66.5 Å². The van der Waals surface area contributed by atoms with Gasteiger partial charge >= 0.3 is 0 Å². The van der Waals surface area contributed by atoms with E-state index in [0.717, 1.165) is 0 Å². The Kier molecular flexibility index (Phi) is 6.20. The number of aromatic hydroxyl groups is 1. The zero-order valence-corrected chi connectivity index (χ0v) is 10.8. The van der Waals surface area contributed by atoms with Gasteiger partial charge in [0, 0.05) is 5.56 Å². The third kappa shape index (κ3) is 3.34.